The van der Waals surface area contributed by atoms with Gasteiger partial charge in [0.15, 0.2) is 0 Å². The van der Waals surface area contributed by atoms with Crippen LogP contribution >= 0.6 is 15.6 Å². The minimum Gasteiger partial charge on any atom is -0.403 e. The van der Waals surface area contributed by atoms with E-state index >= 15 is 0 Å². The van der Waals surface area contributed by atoms with Crippen LogP contribution in [0.25, 0.3) is 0 Å². The van der Waals surface area contributed by atoms with Gasteiger partial charge in [-0.1, -0.05) is 55.4 Å². The topological polar surface area (TPSA) is 80.3 Å². The summed E-state index contributed by atoms with van der Waals surface area (Å²) in [5, 5.41) is 0. The lowest BCUT2D eigenvalue weighted by molar-refractivity contribution is 0.194. The molecule has 0 N–H and O–H groups in total. The van der Waals surface area contributed by atoms with Crippen LogP contribution in [0.5, 0.6) is 0 Å². The lowest BCUT2D eigenvalue weighted by atomic mass is 10.2. The van der Waals surface area contributed by atoms with Crippen LogP contribution in [0.15, 0.2) is 49.4 Å². The summed E-state index contributed by atoms with van der Waals surface area (Å²) < 4.78 is 51.9. The minimum absolute atomic E-state index is 0.136. The predicted octanol–water partition coefficient (Wildman–Crippen LogP) is 7.96. The molecule has 0 amide bonds. The molecule has 0 aliphatic rings. The van der Waals surface area contributed by atoms with Crippen LogP contribution in [0.3, 0.4) is 0 Å². The fourth-order valence-corrected chi connectivity index (χ4v) is 3.89. The molecular weight excluding hydrogens is 414 g/mol. The maximum atomic E-state index is 13.0. The molecule has 0 aromatic heterocycles. The Kier molecular flexibility index (Phi) is 13.1. The molecular formula is C20H36O7P2. The van der Waals surface area contributed by atoms with Gasteiger partial charge in [0.05, 0.1) is 25.0 Å². The molecule has 0 fully saturated rings. The van der Waals surface area contributed by atoms with E-state index in [2.05, 4.69) is 0 Å². The van der Waals surface area contributed by atoms with E-state index in [0.29, 0.717) is 0 Å². The Balaban J connectivity index is 5.66. The molecule has 0 radical (unpaired) electrons. The molecule has 0 aliphatic heterocycles. The SMILES string of the molecule is CC(C)/C=C/OP(=O)(O/C=C/C(C)C)OP(=O)(O/C=C/C(C)C)O/C=C/C(C)C. The highest BCUT2D eigenvalue weighted by molar-refractivity contribution is 7.62. The third kappa shape index (κ3) is 15.1. The summed E-state index contributed by atoms with van der Waals surface area (Å²) in [4.78, 5) is 0. The largest absolute Gasteiger partial charge is 0.597 e. The van der Waals surface area contributed by atoms with Crippen molar-refractivity contribution in [1.29, 1.82) is 0 Å². The minimum atomic E-state index is -4.34. The summed E-state index contributed by atoms with van der Waals surface area (Å²) in [5.41, 5.74) is 0. The van der Waals surface area contributed by atoms with Crippen molar-refractivity contribution in [3.05, 3.63) is 49.4 Å². The summed E-state index contributed by atoms with van der Waals surface area (Å²) in [6.07, 6.45) is 11.3. The van der Waals surface area contributed by atoms with Crippen molar-refractivity contribution >= 4 is 15.6 Å². The van der Waals surface area contributed by atoms with Crippen LogP contribution in [0.1, 0.15) is 55.4 Å². The molecule has 0 saturated heterocycles. The van der Waals surface area contributed by atoms with E-state index in [9.17, 15) is 9.13 Å². The molecule has 168 valence electrons. The molecule has 9 heteroatoms. The smallest absolute Gasteiger partial charge is 0.403 e. The van der Waals surface area contributed by atoms with Gasteiger partial charge in [-0.05, 0) is 48.0 Å². The summed E-state index contributed by atoms with van der Waals surface area (Å²) in [6.45, 7) is 15.3. The molecule has 0 aromatic carbocycles. The van der Waals surface area contributed by atoms with Crippen LogP contribution in [0.2, 0.25) is 0 Å². The molecule has 0 saturated carbocycles. The first-order chi connectivity index (χ1) is 13.4. The van der Waals surface area contributed by atoms with Gasteiger partial charge in [-0.3, -0.25) is 0 Å². The Hall–Kier alpha value is -1.42. The van der Waals surface area contributed by atoms with Gasteiger partial charge in [-0.2, -0.15) is 0 Å². The number of hydrogen-bond donors (Lipinski definition) is 0. The van der Waals surface area contributed by atoms with E-state index in [-0.39, 0.29) is 23.7 Å². The number of allylic oxidation sites excluding steroid dienone is 4. The Bertz CT molecular complexity index is 558. The molecule has 29 heavy (non-hydrogen) atoms. The van der Waals surface area contributed by atoms with Gasteiger partial charge in [0.1, 0.15) is 0 Å². The first kappa shape index (κ1) is 27.6. The van der Waals surface area contributed by atoms with Crippen molar-refractivity contribution in [3.63, 3.8) is 0 Å². The third-order valence-corrected chi connectivity index (χ3v) is 5.93. The monoisotopic (exact) mass is 450 g/mol. The van der Waals surface area contributed by atoms with Crippen molar-refractivity contribution in [2.45, 2.75) is 55.4 Å². The lowest BCUT2D eigenvalue weighted by Crippen LogP contribution is -1.97. The van der Waals surface area contributed by atoms with Gasteiger partial charge >= 0.3 is 15.6 Å². The maximum Gasteiger partial charge on any atom is 0.597 e. The number of phosphoric ester groups is 2. The van der Waals surface area contributed by atoms with Gasteiger partial charge in [0.25, 0.3) is 0 Å². The average Bonchev–Trinajstić information content (AvgIpc) is 2.52. The van der Waals surface area contributed by atoms with E-state index < -0.39 is 15.6 Å². The van der Waals surface area contributed by atoms with E-state index in [4.69, 9.17) is 22.4 Å². The van der Waals surface area contributed by atoms with Crippen molar-refractivity contribution in [2.75, 3.05) is 0 Å². The standard InChI is InChI=1S/C20H36O7P2/c1-17(2)9-13-23-28(21,24-14-10-18(3)4)27-29(22,25-15-11-19(5)6)26-16-12-20(7)8/h9-20H,1-8H3/b13-9+,14-10+,15-11+,16-12+. The summed E-state index contributed by atoms with van der Waals surface area (Å²) in [7, 11) is -8.67. The van der Waals surface area contributed by atoms with E-state index in [1.54, 1.807) is 24.3 Å². The van der Waals surface area contributed by atoms with E-state index in [1.807, 2.05) is 55.4 Å². The Labute approximate surface area is 176 Å². The average molecular weight is 450 g/mol. The van der Waals surface area contributed by atoms with Crippen molar-refractivity contribution < 1.29 is 31.5 Å². The molecule has 0 spiro atoms. The zero-order chi connectivity index (χ0) is 22.5. The molecule has 0 aromatic rings. The fraction of sp³-hybridized carbons (Fsp3) is 0.600. The summed E-state index contributed by atoms with van der Waals surface area (Å²) in [5.74, 6) is 0.544. The van der Waals surface area contributed by atoms with Crippen LogP contribution in [0, 0.1) is 23.7 Å². The second kappa shape index (κ2) is 13.7. The van der Waals surface area contributed by atoms with Crippen LogP contribution < -0.4 is 0 Å². The van der Waals surface area contributed by atoms with Crippen molar-refractivity contribution in [3.8, 4) is 0 Å². The molecule has 0 bridgehead atoms. The van der Waals surface area contributed by atoms with Gasteiger partial charge in [-0.15, -0.1) is 4.31 Å². The van der Waals surface area contributed by atoms with Gasteiger partial charge in [0.2, 0.25) is 0 Å². The second-order valence-corrected chi connectivity index (χ2v) is 11.0. The van der Waals surface area contributed by atoms with E-state index in [1.165, 1.54) is 25.0 Å². The van der Waals surface area contributed by atoms with Crippen molar-refractivity contribution in [2.24, 2.45) is 23.7 Å². The number of phosphoric acid groups is 2. The fourth-order valence-electron chi connectivity index (χ4n) is 1.32. The molecule has 7 nitrogen and oxygen atoms in total. The first-order valence-electron chi connectivity index (χ1n) is 9.69. The normalized spacial score (nSPS) is 13.9. The van der Waals surface area contributed by atoms with Crippen LogP contribution in [0.4, 0.5) is 0 Å². The molecule has 0 atom stereocenters. The summed E-state index contributed by atoms with van der Waals surface area (Å²) in [6, 6.07) is 0. The van der Waals surface area contributed by atoms with Crippen LogP contribution in [-0.2, 0) is 31.5 Å². The van der Waals surface area contributed by atoms with Gasteiger partial charge in [-0.25, -0.2) is 9.13 Å². The number of rotatable bonds is 14. The zero-order valence-electron chi connectivity index (χ0n) is 18.7. The summed E-state index contributed by atoms with van der Waals surface area (Å²) >= 11 is 0. The van der Waals surface area contributed by atoms with E-state index in [0.717, 1.165) is 0 Å². The second-order valence-electron chi connectivity index (χ2n) is 7.69. The Morgan fingerprint density at radius 3 is 0.862 bits per heavy atom. The maximum absolute atomic E-state index is 13.0. The van der Waals surface area contributed by atoms with Crippen LogP contribution in [-0.4, -0.2) is 0 Å². The quantitative estimate of drug-likeness (QED) is 0.196. The Morgan fingerprint density at radius 1 is 0.483 bits per heavy atom. The lowest BCUT2D eigenvalue weighted by Gasteiger charge is -2.20. The third-order valence-electron chi connectivity index (χ3n) is 2.81. The highest BCUT2D eigenvalue weighted by Crippen LogP contribution is 2.66. The zero-order valence-corrected chi connectivity index (χ0v) is 20.5. The molecule has 0 unspecified atom stereocenters. The predicted molar refractivity (Wildman–Crippen MR) is 117 cm³/mol. The first-order valence-corrected chi connectivity index (χ1v) is 12.6. The van der Waals surface area contributed by atoms with Gasteiger partial charge in [0, 0.05) is 0 Å². The molecule has 0 aliphatic carbocycles. The highest BCUT2D eigenvalue weighted by atomic mass is 31.3. The Morgan fingerprint density at radius 2 is 0.690 bits per heavy atom. The molecule has 0 rings (SSSR count). The van der Waals surface area contributed by atoms with Crippen molar-refractivity contribution in [1.82, 2.24) is 0 Å². The number of hydrogen-bond acceptors (Lipinski definition) is 7. The highest BCUT2D eigenvalue weighted by Gasteiger charge is 2.43. The molecule has 0 heterocycles. The van der Waals surface area contributed by atoms with Gasteiger partial charge < -0.3 is 18.1 Å².